The number of hydrogen-bond donors (Lipinski definition) is 2. The van der Waals surface area contributed by atoms with Crippen LogP contribution in [-0.4, -0.2) is 43.2 Å². The van der Waals surface area contributed by atoms with Crippen LogP contribution in [-0.2, 0) is 9.84 Å². The van der Waals surface area contributed by atoms with Gasteiger partial charge in [0.15, 0.2) is 9.84 Å². The highest BCUT2D eigenvalue weighted by Crippen LogP contribution is 2.25. The van der Waals surface area contributed by atoms with E-state index in [0.717, 1.165) is 19.3 Å². The minimum absolute atomic E-state index is 0.00595. The molecule has 5 heteroatoms. The molecule has 0 aromatic heterocycles. The highest BCUT2D eigenvalue weighted by Gasteiger charge is 2.34. The van der Waals surface area contributed by atoms with Crippen molar-refractivity contribution in [2.24, 2.45) is 0 Å². The predicted octanol–water partition coefficient (Wildman–Crippen LogP) is 0.313. The van der Waals surface area contributed by atoms with E-state index in [1.165, 1.54) is 6.26 Å². The van der Waals surface area contributed by atoms with E-state index in [-0.39, 0.29) is 11.3 Å². The average Bonchev–Trinajstić information content (AvgIpc) is 2.45. The average molecular weight is 235 g/mol. The minimum Gasteiger partial charge on any atom is -0.389 e. The van der Waals surface area contributed by atoms with Crippen LogP contribution in [0.3, 0.4) is 0 Å². The van der Waals surface area contributed by atoms with Gasteiger partial charge in [-0.2, -0.15) is 0 Å². The molecule has 4 nitrogen and oxygen atoms in total. The zero-order valence-electron chi connectivity index (χ0n) is 9.66. The highest BCUT2D eigenvalue weighted by molar-refractivity contribution is 7.91. The summed E-state index contributed by atoms with van der Waals surface area (Å²) in [6.07, 6.45) is 3.86. The first-order valence-electron chi connectivity index (χ1n) is 5.35. The largest absolute Gasteiger partial charge is 0.389 e. The van der Waals surface area contributed by atoms with Crippen molar-refractivity contribution in [3.8, 4) is 0 Å². The molecule has 0 spiro atoms. The zero-order chi connectivity index (χ0) is 11.7. The van der Waals surface area contributed by atoms with Gasteiger partial charge in [-0.05, 0) is 26.7 Å². The molecule has 0 aromatic carbocycles. The number of nitrogens with one attached hydrogen (secondary N) is 1. The third-order valence-corrected chi connectivity index (χ3v) is 4.46. The topological polar surface area (TPSA) is 66.4 Å². The van der Waals surface area contributed by atoms with Crippen LogP contribution >= 0.6 is 0 Å². The van der Waals surface area contributed by atoms with Crippen molar-refractivity contribution in [2.75, 3.05) is 12.8 Å². The molecule has 15 heavy (non-hydrogen) atoms. The lowest BCUT2D eigenvalue weighted by Crippen LogP contribution is -2.45. The van der Waals surface area contributed by atoms with Gasteiger partial charge in [-0.1, -0.05) is 6.42 Å². The molecule has 0 aromatic rings. The monoisotopic (exact) mass is 235 g/mol. The number of sulfone groups is 1. The van der Waals surface area contributed by atoms with E-state index in [1.54, 1.807) is 13.8 Å². The highest BCUT2D eigenvalue weighted by atomic mass is 32.2. The van der Waals surface area contributed by atoms with Gasteiger partial charge in [-0.15, -0.1) is 0 Å². The Hall–Kier alpha value is -0.130. The molecular weight excluding hydrogens is 214 g/mol. The maximum Gasteiger partial charge on any atom is 0.151 e. The molecule has 1 aliphatic rings. The molecule has 0 aliphatic heterocycles. The Labute approximate surface area is 92.0 Å². The van der Waals surface area contributed by atoms with Crippen molar-refractivity contribution in [1.29, 1.82) is 0 Å². The van der Waals surface area contributed by atoms with E-state index in [2.05, 4.69) is 5.32 Å². The number of rotatable bonds is 4. The summed E-state index contributed by atoms with van der Waals surface area (Å²) >= 11 is 0. The first-order chi connectivity index (χ1) is 6.70. The van der Waals surface area contributed by atoms with Gasteiger partial charge >= 0.3 is 0 Å². The molecule has 2 unspecified atom stereocenters. The Morgan fingerprint density at radius 1 is 1.40 bits per heavy atom. The normalized spacial score (nSPS) is 28.3. The molecule has 1 fully saturated rings. The fourth-order valence-electron chi connectivity index (χ4n) is 2.05. The van der Waals surface area contributed by atoms with Gasteiger partial charge in [0.1, 0.15) is 0 Å². The molecule has 90 valence electrons. The van der Waals surface area contributed by atoms with Crippen molar-refractivity contribution in [1.82, 2.24) is 5.32 Å². The van der Waals surface area contributed by atoms with Gasteiger partial charge in [-0.3, -0.25) is 0 Å². The van der Waals surface area contributed by atoms with E-state index in [9.17, 15) is 13.5 Å². The van der Waals surface area contributed by atoms with Crippen molar-refractivity contribution in [3.63, 3.8) is 0 Å². The summed E-state index contributed by atoms with van der Waals surface area (Å²) in [5.74, 6) is 0. The second-order valence-corrected chi connectivity index (χ2v) is 7.36. The van der Waals surface area contributed by atoms with Gasteiger partial charge in [0.25, 0.3) is 0 Å². The Morgan fingerprint density at radius 3 is 2.47 bits per heavy atom. The molecule has 0 heterocycles. The van der Waals surface area contributed by atoms with Gasteiger partial charge in [-0.25, -0.2) is 8.42 Å². The molecule has 1 aliphatic carbocycles. The lowest BCUT2D eigenvalue weighted by molar-refractivity contribution is 0.0767. The van der Waals surface area contributed by atoms with Crippen LogP contribution in [0.1, 0.15) is 33.1 Å². The Balaban J connectivity index is 2.55. The summed E-state index contributed by atoms with van der Waals surface area (Å²) in [6.45, 7) is 3.86. The fraction of sp³-hybridized carbons (Fsp3) is 1.00. The van der Waals surface area contributed by atoms with Crippen LogP contribution < -0.4 is 5.32 Å². The van der Waals surface area contributed by atoms with Gasteiger partial charge in [0.2, 0.25) is 0 Å². The van der Waals surface area contributed by atoms with Crippen LogP contribution in [0.2, 0.25) is 0 Å². The molecule has 1 rings (SSSR count). The van der Waals surface area contributed by atoms with E-state index in [0.29, 0.717) is 6.54 Å². The van der Waals surface area contributed by atoms with Crippen LogP contribution in [0.4, 0.5) is 0 Å². The maximum absolute atomic E-state index is 11.5. The minimum atomic E-state index is -2.96. The van der Waals surface area contributed by atoms with Gasteiger partial charge in [0, 0.05) is 18.8 Å². The summed E-state index contributed by atoms with van der Waals surface area (Å²) in [4.78, 5) is 0. The van der Waals surface area contributed by atoms with E-state index in [4.69, 9.17) is 0 Å². The summed E-state index contributed by atoms with van der Waals surface area (Å²) in [6, 6.07) is 0.00595. The predicted molar refractivity (Wildman–Crippen MR) is 60.6 cm³/mol. The molecule has 0 saturated heterocycles. The lowest BCUT2D eigenvalue weighted by atomic mass is 10.1. The lowest BCUT2D eigenvalue weighted by Gasteiger charge is -2.24. The van der Waals surface area contributed by atoms with Crippen molar-refractivity contribution in [3.05, 3.63) is 0 Å². The molecular formula is C10H21NO3S. The maximum atomic E-state index is 11.5. The summed E-state index contributed by atoms with van der Waals surface area (Å²) in [5, 5.41) is 12.4. The van der Waals surface area contributed by atoms with Crippen LogP contribution in [0.5, 0.6) is 0 Å². The smallest absolute Gasteiger partial charge is 0.151 e. The van der Waals surface area contributed by atoms with Crippen molar-refractivity contribution < 1.29 is 13.5 Å². The number of hydrogen-bond acceptors (Lipinski definition) is 4. The first kappa shape index (κ1) is 12.9. The SMILES string of the molecule is CC(C)(O)CNC1CCCC1S(C)(=O)=O. The van der Waals surface area contributed by atoms with Gasteiger partial charge < -0.3 is 10.4 Å². The van der Waals surface area contributed by atoms with Crippen molar-refractivity contribution in [2.45, 2.75) is 50.0 Å². The quantitative estimate of drug-likeness (QED) is 0.736. The first-order valence-corrected chi connectivity index (χ1v) is 7.30. The molecule has 1 saturated carbocycles. The molecule has 0 amide bonds. The van der Waals surface area contributed by atoms with Crippen LogP contribution in [0.15, 0.2) is 0 Å². The molecule has 0 bridgehead atoms. The summed E-state index contributed by atoms with van der Waals surface area (Å²) in [7, 11) is -2.96. The fourth-order valence-corrected chi connectivity index (χ4v) is 3.48. The third kappa shape index (κ3) is 4.09. The third-order valence-electron chi connectivity index (χ3n) is 2.80. The van der Waals surface area contributed by atoms with Gasteiger partial charge in [0.05, 0.1) is 10.9 Å². The Kier molecular flexibility index (Phi) is 3.79. The van der Waals surface area contributed by atoms with E-state index < -0.39 is 15.4 Å². The van der Waals surface area contributed by atoms with Crippen LogP contribution in [0, 0.1) is 0 Å². The Bertz CT molecular complexity index is 305. The Morgan fingerprint density at radius 2 is 2.00 bits per heavy atom. The standard InChI is InChI=1S/C10H21NO3S/c1-10(2,12)7-11-8-5-4-6-9(8)15(3,13)14/h8-9,11-12H,4-7H2,1-3H3. The zero-order valence-corrected chi connectivity index (χ0v) is 10.5. The number of aliphatic hydroxyl groups is 1. The summed E-state index contributed by atoms with van der Waals surface area (Å²) in [5.41, 5.74) is -0.787. The molecule has 2 N–H and O–H groups in total. The van der Waals surface area contributed by atoms with Crippen LogP contribution in [0.25, 0.3) is 0 Å². The summed E-state index contributed by atoms with van der Waals surface area (Å²) < 4.78 is 22.9. The van der Waals surface area contributed by atoms with Crippen molar-refractivity contribution >= 4 is 9.84 Å². The molecule has 2 atom stereocenters. The van der Waals surface area contributed by atoms with E-state index in [1.807, 2.05) is 0 Å². The second-order valence-electron chi connectivity index (χ2n) is 5.10. The molecule has 0 radical (unpaired) electrons. The van der Waals surface area contributed by atoms with E-state index >= 15 is 0 Å². The second kappa shape index (κ2) is 4.39.